The van der Waals surface area contributed by atoms with Gasteiger partial charge in [0.1, 0.15) is 17.3 Å². The fraction of sp³-hybridized carbons (Fsp3) is 0.273. The molecule has 0 saturated carbocycles. The second-order valence-corrected chi connectivity index (χ2v) is 6.92. The Morgan fingerprint density at radius 2 is 1.69 bits per heavy atom. The molecule has 3 aromatic rings. The number of nitrogens with zero attached hydrogens (tertiary/aromatic N) is 2. The van der Waals surface area contributed by atoms with E-state index in [0.29, 0.717) is 22.9 Å². The zero-order chi connectivity index (χ0) is 20.4. The van der Waals surface area contributed by atoms with Gasteiger partial charge in [0.25, 0.3) is 5.91 Å². The molecule has 1 aliphatic rings. The van der Waals surface area contributed by atoms with E-state index >= 15 is 0 Å². The van der Waals surface area contributed by atoms with Crippen molar-refractivity contribution in [1.82, 2.24) is 9.78 Å². The number of halogens is 1. The van der Waals surface area contributed by atoms with Gasteiger partial charge in [0.15, 0.2) is 5.69 Å². The van der Waals surface area contributed by atoms with Gasteiger partial charge in [-0.05, 0) is 49.9 Å². The van der Waals surface area contributed by atoms with Crippen LogP contribution in [0.15, 0.2) is 42.5 Å². The molecule has 1 N–H and O–H groups in total. The number of ether oxygens (including phenoxy) is 2. The summed E-state index contributed by atoms with van der Waals surface area (Å²) in [6, 6.07) is 11.3. The highest BCUT2D eigenvalue weighted by Gasteiger charge is 2.26. The summed E-state index contributed by atoms with van der Waals surface area (Å²) in [5.41, 5.74) is 3.66. The number of benzene rings is 2. The first-order chi connectivity index (χ1) is 14.1. The predicted octanol–water partition coefficient (Wildman–Crippen LogP) is 4.16. The first kappa shape index (κ1) is 19.0. The smallest absolute Gasteiger partial charge is 0.276 e. The zero-order valence-electron chi connectivity index (χ0n) is 16.4. The van der Waals surface area contributed by atoms with E-state index < -0.39 is 0 Å². The van der Waals surface area contributed by atoms with E-state index in [0.717, 1.165) is 42.6 Å². The van der Waals surface area contributed by atoms with E-state index in [4.69, 9.17) is 9.47 Å². The van der Waals surface area contributed by atoms with E-state index in [2.05, 4.69) is 10.4 Å². The molecule has 1 amide bonds. The minimum absolute atomic E-state index is 0.292. The van der Waals surface area contributed by atoms with E-state index in [1.54, 1.807) is 49.2 Å². The Balaban J connectivity index is 1.69. The van der Waals surface area contributed by atoms with E-state index in [1.807, 2.05) is 0 Å². The molecule has 0 atom stereocenters. The van der Waals surface area contributed by atoms with Gasteiger partial charge >= 0.3 is 0 Å². The number of hydrogen-bond acceptors (Lipinski definition) is 4. The maximum atomic E-state index is 13.3. The summed E-state index contributed by atoms with van der Waals surface area (Å²) >= 11 is 0. The summed E-state index contributed by atoms with van der Waals surface area (Å²) in [6.07, 6.45) is 3.67. The van der Waals surface area contributed by atoms with Gasteiger partial charge in [0.05, 0.1) is 19.9 Å². The standard InChI is InChI=1S/C22H22FN3O3/c1-28-17-11-15(12-18(13-17)29-2)24-22(27)21-19-5-3-4-6-20(19)26(25-21)16-9-7-14(23)8-10-16/h7-13H,3-6H2,1-2H3,(H,24,27). The maximum Gasteiger partial charge on any atom is 0.276 e. The van der Waals surface area contributed by atoms with Gasteiger partial charge in [0, 0.05) is 35.1 Å². The number of carbonyl (C=O) groups excluding carboxylic acids is 1. The largest absolute Gasteiger partial charge is 0.497 e. The molecule has 0 spiro atoms. The number of nitrogens with one attached hydrogen (secondary N) is 1. The Hall–Kier alpha value is -3.35. The van der Waals surface area contributed by atoms with Gasteiger partial charge in [-0.15, -0.1) is 0 Å². The fourth-order valence-corrected chi connectivity index (χ4v) is 3.65. The average molecular weight is 395 g/mol. The molecule has 1 heterocycles. The molecule has 150 valence electrons. The first-order valence-corrected chi connectivity index (χ1v) is 9.50. The van der Waals surface area contributed by atoms with Crippen molar-refractivity contribution in [1.29, 1.82) is 0 Å². The third kappa shape index (κ3) is 3.81. The summed E-state index contributed by atoms with van der Waals surface area (Å²) in [5, 5.41) is 7.49. The molecule has 0 radical (unpaired) electrons. The van der Waals surface area contributed by atoms with Crippen molar-refractivity contribution in [2.24, 2.45) is 0 Å². The lowest BCUT2D eigenvalue weighted by Gasteiger charge is -2.14. The summed E-state index contributed by atoms with van der Waals surface area (Å²) in [7, 11) is 3.11. The molecule has 29 heavy (non-hydrogen) atoms. The van der Waals surface area contributed by atoms with Crippen LogP contribution in [-0.4, -0.2) is 29.9 Å². The first-order valence-electron chi connectivity index (χ1n) is 9.50. The summed E-state index contributed by atoms with van der Waals surface area (Å²) in [5.74, 6) is 0.566. The lowest BCUT2D eigenvalue weighted by molar-refractivity contribution is 0.102. The highest BCUT2D eigenvalue weighted by atomic mass is 19.1. The molecular weight excluding hydrogens is 373 g/mol. The molecule has 4 rings (SSSR count). The van der Waals surface area contributed by atoms with Gasteiger partial charge < -0.3 is 14.8 Å². The molecule has 0 saturated heterocycles. The molecule has 0 bridgehead atoms. The Bertz CT molecular complexity index is 1020. The number of methoxy groups -OCH3 is 2. The highest BCUT2D eigenvalue weighted by molar-refractivity contribution is 6.04. The Kier molecular flexibility index (Phi) is 5.20. The van der Waals surface area contributed by atoms with Gasteiger partial charge in [-0.1, -0.05) is 0 Å². The second-order valence-electron chi connectivity index (χ2n) is 6.92. The van der Waals surface area contributed by atoms with Crippen molar-refractivity contribution >= 4 is 11.6 Å². The molecular formula is C22H22FN3O3. The quantitative estimate of drug-likeness (QED) is 0.705. The number of hydrogen-bond donors (Lipinski definition) is 1. The fourth-order valence-electron chi connectivity index (χ4n) is 3.65. The third-order valence-corrected chi connectivity index (χ3v) is 5.08. The zero-order valence-corrected chi connectivity index (χ0v) is 16.4. The minimum atomic E-state index is -0.306. The molecule has 0 aliphatic heterocycles. The van der Waals surface area contributed by atoms with Gasteiger partial charge in [-0.3, -0.25) is 4.79 Å². The van der Waals surface area contributed by atoms with Crippen molar-refractivity contribution in [2.45, 2.75) is 25.7 Å². The number of anilines is 1. The Morgan fingerprint density at radius 1 is 1.03 bits per heavy atom. The molecule has 1 aromatic heterocycles. The van der Waals surface area contributed by atoms with Crippen LogP contribution < -0.4 is 14.8 Å². The molecule has 6 nitrogen and oxygen atoms in total. The topological polar surface area (TPSA) is 65.4 Å². The number of amides is 1. The van der Waals surface area contributed by atoms with Crippen LogP contribution >= 0.6 is 0 Å². The van der Waals surface area contributed by atoms with Crippen LogP contribution in [0, 0.1) is 5.82 Å². The number of fused-ring (bicyclic) bond motifs is 1. The molecule has 7 heteroatoms. The maximum absolute atomic E-state index is 13.3. The minimum Gasteiger partial charge on any atom is -0.497 e. The van der Waals surface area contributed by atoms with Gasteiger partial charge in [-0.25, -0.2) is 9.07 Å². The van der Waals surface area contributed by atoms with Gasteiger partial charge in [0.2, 0.25) is 0 Å². The molecule has 0 fully saturated rings. The Morgan fingerprint density at radius 3 is 2.34 bits per heavy atom. The van der Waals surface area contributed by atoms with Crippen LogP contribution in [0.5, 0.6) is 11.5 Å². The summed E-state index contributed by atoms with van der Waals surface area (Å²) in [6.45, 7) is 0. The number of carbonyl (C=O) groups is 1. The van der Waals surface area contributed by atoms with Crippen LogP contribution in [0.1, 0.15) is 34.6 Å². The van der Waals surface area contributed by atoms with Crippen LogP contribution in [0.25, 0.3) is 5.69 Å². The van der Waals surface area contributed by atoms with Crippen molar-refractivity contribution in [3.05, 3.63) is 65.2 Å². The van der Waals surface area contributed by atoms with Crippen molar-refractivity contribution < 1.29 is 18.7 Å². The third-order valence-electron chi connectivity index (χ3n) is 5.08. The van der Waals surface area contributed by atoms with Gasteiger partial charge in [-0.2, -0.15) is 5.10 Å². The number of aromatic nitrogens is 2. The van der Waals surface area contributed by atoms with Crippen LogP contribution in [0.4, 0.5) is 10.1 Å². The Labute approximate surface area is 168 Å². The second kappa shape index (κ2) is 7.95. The molecule has 1 aliphatic carbocycles. The van der Waals surface area contributed by atoms with Crippen molar-refractivity contribution in [3.8, 4) is 17.2 Å². The molecule has 0 unspecified atom stereocenters. The SMILES string of the molecule is COc1cc(NC(=O)c2nn(-c3ccc(F)cc3)c3c2CCCC3)cc(OC)c1. The van der Waals surface area contributed by atoms with Crippen LogP contribution in [-0.2, 0) is 12.8 Å². The monoisotopic (exact) mass is 395 g/mol. The van der Waals surface area contributed by atoms with Crippen molar-refractivity contribution in [2.75, 3.05) is 19.5 Å². The predicted molar refractivity (Wildman–Crippen MR) is 108 cm³/mol. The van der Waals surface area contributed by atoms with E-state index in [9.17, 15) is 9.18 Å². The summed E-state index contributed by atoms with van der Waals surface area (Å²) in [4.78, 5) is 13.1. The van der Waals surface area contributed by atoms with E-state index in [-0.39, 0.29) is 11.7 Å². The lowest BCUT2D eigenvalue weighted by atomic mass is 9.95. The summed E-state index contributed by atoms with van der Waals surface area (Å²) < 4.78 is 25.6. The highest BCUT2D eigenvalue weighted by Crippen LogP contribution is 2.29. The average Bonchev–Trinajstić information content (AvgIpc) is 3.14. The van der Waals surface area contributed by atoms with Crippen LogP contribution in [0.3, 0.4) is 0 Å². The number of rotatable bonds is 5. The molecule has 2 aromatic carbocycles. The van der Waals surface area contributed by atoms with Crippen LogP contribution in [0.2, 0.25) is 0 Å². The normalized spacial score (nSPS) is 12.9. The van der Waals surface area contributed by atoms with Crippen molar-refractivity contribution in [3.63, 3.8) is 0 Å². The van der Waals surface area contributed by atoms with E-state index in [1.165, 1.54) is 12.1 Å². The lowest BCUT2D eigenvalue weighted by Crippen LogP contribution is -2.15.